The van der Waals surface area contributed by atoms with E-state index in [1.165, 1.54) is 0 Å². The number of hydrogen-bond acceptors (Lipinski definition) is 3. The van der Waals surface area contributed by atoms with Crippen molar-refractivity contribution in [2.24, 2.45) is 4.99 Å². The second-order valence-electron chi connectivity index (χ2n) is 8.06. The van der Waals surface area contributed by atoms with Crippen LogP contribution in [0.5, 0.6) is 0 Å². The number of rotatable bonds is 7. The number of guanidine groups is 1. The van der Waals surface area contributed by atoms with Crippen LogP contribution in [0.2, 0.25) is 0 Å². The van der Waals surface area contributed by atoms with Gasteiger partial charge in [-0.25, -0.2) is 4.99 Å². The third-order valence-corrected chi connectivity index (χ3v) is 5.56. The quantitative estimate of drug-likeness (QED) is 0.400. The van der Waals surface area contributed by atoms with Crippen molar-refractivity contribution < 1.29 is 4.79 Å². The topological polar surface area (TPSA) is 71.3 Å². The van der Waals surface area contributed by atoms with Gasteiger partial charge in [0, 0.05) is 29.6 Å². The largest absolute Gasteiger partial charge is 0.326 e. The van der Waals surface area contributed by atoms with Gasteiger partial charge in [-0.3, -0.25) is 14.8 Å². The van der Waals surface area contributed by atoms with E-state index in [-0.39, 0.29) is 5.91 Å². The summed E-state index contributed by atoms with van der Waals surface area (Å²) in [4.78, 5) is 17.7. The number of nitrogens with one attached hydrogen (secondary N) is 2. The molecule has 168 valence electrons. The number of amides is 1. The first kappa shape index (κ1) is 23.3. The lowest BCUT2D eigenvalue weighted by Gasteiger charge is -2.15. The monoisotopic (exact) mass is 431 g/mol. The molecule has 6 nitrogen and oxygen atoms in total. The number of anilines is 1. The van der Waals surface area contributed by atoms with Crippen LogP contribution in [0.1, 0.15) is 58.6 Å². The fourth-order valence-electron chi connectivity index (χ4n) is 3.47. The molecule has 0 spiro atoms. The van der Waals surface area contributed by atoms with Gasteiger partial charge < -0.3 is 5.32 Å². The van der Waals surface area contributed by atoms with Crippen molar-refractivity contribution in [3.05, 3.63) is 82.2 Å². The van der Waals surface area contributed by atoms with Crippen LogP contribution in [0.4, 0.5) is 5.69 Å². The first-order valence-electron chi connectivity index (χ1n) is 11.2. The number of benzene rings is 2. The summed E-state index contributed by atoms with van der Waals surface area (Å²) in [6.07, 6.45) is 3.94. The summed E-state index contributed by atoms with van der Waals surface area (Å²) in [5, 5.41) is 10.9. The van der Waals surface area contributed by atoms with Gasteiger partial charge in [0.2, 0.25) is 5.96 Å². The van der Waals surface area contributed by atoms with E-state index in [1.807, 2.05) is 68.0 Å². The molecule has 0 unspecified atom stereocenters. The molecule has 3 aromatic rings. The van der Waals surface area contributed by atoms with Crippen molar-refractivity contribution >= 4 is 17.6 Å². The van der Waals surface area contributed by atoms with Gasteiger partial charge in [-0.15, -0.1) is 0 Å². The SMILES string of the molecule is CCCn1cc(CN=C(NC(=O)c2ccc(C)c(C)c2)Nc2ccccc2CC)c(C)n1. The highest BCUT2D eigenvalue weighted by atomic mass is 16.1. The van der Waals surface area contributed by atoms with E-state index in [9.17, 15) is 4.79 Å². The average Bonchev–Trinajstić information content (AvgIpc) is 3.13. The molecule has 0 radical (unpaired) electrons. The Balaban J connectivity index is 1.87. The van der Waals surface area contributed by atoms with Crippen molar-refractivity contribution in [1.82, 2.24) is 15.1 Å². The van der Waals surface area contributed by atoms with Crippen molar-refractivity contribution in [3.63, 3.8) is 0 Å². The molecule has 32 heavy (non-hydrogen) atoms. The lowest BCUT2D eigenvalue weighted by Crippen LogP contribution is -2.36. The van der Waals surface area contributed by atoms with Crippen LogP contribution in [0.15, 0.2) is 53.7 Å². The molecule has 6 heteroatoms. The maximum Gasteiger partial charge on any atom is 0.257 e. The number of nitrogens with zero attached hydrogens (tertiary/aromatic N) is 3. The summed E-state index contributed by atoms with van der Waals surface area (Å²) < 4.78 is 1.95. The maximum atomic E-state index is 13.0. The Bertz CT molecular complexity index is 1110. The minimum Gasteiger partial charge on any atom is -0.326 e. The van der Waals surface area contributed by atoms with Gasteiger partial charge in [0.1, 0.15) is 0 Å². The second kappa shape index (κ2) is 10.8. The van der Waals surface area contributed by atoms with Crippen LogP contribution in [0.3, 0.4) is 0 Å². The Labute approximate surface area is 190 Å². The molecule has 2 N–H and O–H groups in total. The molecular weight excluding hydrogens is 398 g/mol. The molecule has 1 amide bonds. The summed E-state index contributed by atoms with van der Waals surface area (Å²) >= 11 is 0. The first-order valence-corrected chi connectivity index (χ1v) is 11.2. The fourth-order valence-corrected chi connectivity index (χ4v) is 3.47. The summed E-state index contributed by atoms with van der Waals surface area (Å²) in [5.41, 5.74) is 6.95. The third kappa shape index (κ3) is 5.84. The number of aromatic nitrogens is 2. The fraction of sp³-hybridized carbons (Fsp3) is 0.346. The molecule has 1 aromatic heterocycles. The molecule has 0 saturated heterocycles. The molecular formula is C26H33N5O. The maximum absolute atomic E-state index is 13.0. The Morgan fingerprint density at radius 3 is 2.53 bits per heavy atom. The summed E-state index contributed by atoms with van der Waals surface area (Å²) in [7, 11) is 0. The smallest absolute Gasteiger partial charge is 0.257 e. The number of aliphatic imine (C=N–C) groups is 1. The van der Waals surface area contributed by atoms with E-state index in [2.05, 4.69) is 35.6 Å². The zero-order valence-corrected chi connectivity index (χ0v) is 19.7. The summed E-state index contributed by atoms with van der Waals surface area (Å²) in [5.74, 6) is 0.239. The van der Waals surface area contributed by atoms with Crippen LogP contribution in [-0.2, 0) is 19.5 Å². The number of carbonyl (C=O) groups is 1. The molecule has 0 fully saturated rings. The van der Waals surface area contributed by atoms with Crippen molar-refractivity contribution in [3.8, 4) is 0 Å². The molecule has 1 heterocycles. The first-order chi connectivity index (χ1) is 15.4. The number of hydrogen-bond donors (Lipinski definition) is 2. The molecule has 0 aliphatic heterocycles. The van der Waals surface area contributed by atoms with Gasteiger partial charge in [-0.1, -0.05) is 38.1 Å². The number of para-hydroxylation sites is 1. The Hall–Kier alpha value is -3.41. The molecule has 0 aliphatic carbocycles. The van der Waals surface area contributed by atoms with E-state index in [1.54, 1.807) is 0 Å². The number of aryl methyl sites for hydroxylation is 5. The van der Waals surface area contributed by atoms with Crippen LogP contribution in [0.25, 0.3) is 0 Å². The van der Waals surface area contributed by atoms with Gasteiger partial charge >= 0.3 is 0 Å². The minimum atomic E-state index is -0.188. The molecule has 0 bridgehead atoms. The molecule has 3 rings (SSSR count). The lowest BCUT2D eigenvalue weighted by atomic mass is 10.1. The summed E-state index contributed by atoms with van der Waals surface area (Å²) in [6.45, 7) is 11.6. The molecule has 2 aromatic carbocycles. The molecule has 0 atom stereocenters. The third-order valence-electron chi connectivity index (χ3n) is 5.56. The molecule has 0 saturated carbocycles. The van der Waals surface area contributed by atoms with Gasteiger partial charge in [-0.2, -0.15) is 5.10 Å². The Morgan fingerprint density at radius 2 is 1.81 bits per heavy atom. The Kier molecular flexibility index (Phi) is 7.82. The highest BCUT2D eigenvalue weighted by Crippen LogP contribution is 2.16. The van der Waals surface area contributed by atoms with E-state index >= 15 is 0 Å². The van der Waals surface area contributed by atoms with Crippen molar-refractivity contribution in [1.29, 1.82) is 0 Å². The highest BCUT2D eigenvalue weighted by Gasteiger charge is 2.12. The summed E-state index contributed by atoms with van der Waals surface area (Å²) in [6, 6.07) is 13.8. The van der Waals surface area contributed by atoms with Crippen LogP contribution < -0.4 is 10.6 Å². The average molecular weight is 432 g/mol. The zero-order valence-electron chi connectivity index (χ0n) is 19.7. The minimum absolute atomic E-state index is 0.188. The van der Waals surface area contributed by atoms with Crippen LogP contribution in [-0.4, -0.2) is 21.6 Å². The van der Waals surface area contributed by atoms with Gasteiger partial charge in [0.25, 0.3) is 5.91 Å². The lowest BCUT2D eigenvalue weighted by molar-refractivity contribution is 0.0977. The van der Waals surface area contributed by atoms with E-state index in [0.29, 0.717) is 18.1 Å². The predicted molar refractivity (Wildman–Crippen MR) is 131 cm³/mol. The van der Waals surface area contributed by atoms with Gasteiger partial charge in [-0.05, 0) is 68.5 Å². The highest BCUT2D eigenvalue weighted by molar-refractivity contribution is 6.10. The van der Waals surface area contributed by atoms with E-state index < -0.39 is 0 Å². The van der Waals surface area contributed by atoms with Gasteiger partial charge in [0.15, 0.2) is 0 Å². The van der Waals surface area contributed by atoms with E-state index in [0.717, 1.165) is 53.0 Å². The Morgan fingerprint density at radius 1 is 1.03 bits per heavy atom. The van der Waals surface area contributed by atoms with Crippen LogP contribution in [0, 0.1) is 20.8 Å². The molecule has 0 aliphatic rings. The zero-order chi connectivity index (χ0) is 23.1. The van der Waals surface area contributed by atoms with E-state index in [4.69, 9.17) is 4.99 Å². The number of carbonyl (C=O) groups excluding carboxylic acids is 1. The normalized spacial score (nSPS) is 11.5. The van der Waals surface area contributed by atoms with Crippen molar-refractivity contribution in [2.75, 3.05) is 5.32 Å². The second-order valence-corrected chi connectivity index (χ2v) is 8.06. The van der Waals surface area contributed by atoms with Crippen LogP contribution >= 0.6 is 0 Å². The van der Waals surface area contributed by atoms with Gasteiger partial charge in [0.05, 0.1) is 12.2 Å². The predicted octanol–water partition coefficient (Wildman–Crippen LogP) is 5.18. The standard InChI is InChI=1S/C26H33N5O/c1-6-14-31-17-23(20(5)30-31)16-27-26(28-24-11-9-8-10-21(24)7-2)29-25(32)22-13-12-18(3)19(4)15-22/h8-13,15,17H,6-7,14,16H2,1-5H3,(H2,27,28,29,32). The van der Waals surface area contributed by atoms with Crippen molar-refractivity contribution in [2.45, 2.75) is 60.5 Å².